The highest BCUT2D eigenvalue weighted by Crippen LogP contribution is 2.46. The van der Waals surface area contributed by atoms with E-state index in [0.717, 1.165) is 41.5 Å². The first-order valence-electron chi connectivity index (χ1n) is 12.7. The zero-order valence-corrected chi connectivity index (χ0v) is 21.0. The number of hydrogen-bond acceptors (Lipinski definition) is 4. The number of pyridine rings is 2. The Kier molecular flexibility index (Phi) is 5.07. The lowest BCUT2D eigenvalue weighted by molar-refractivity contribution is -0.109. The van der Waals surface area contributed by atoms with Gasteiger partial charge in [-0.2, -0.15) is 5.10 Å². The van der Waals surface area contributed by atoms with Gasteiger partial charge >= 0.3 is 0 Å². The average molecular weight is 458 g/mol. The molecule has 6 rings (SSSR count). The third-order valence-corrected chi connectivity index (χ3v) is 8.39. The van der Waals surface area contributed by atoms with E-state index in [4.69, 9.17) is 9.72 Å². The highest BCUT2D eigenvalue weighted by atomic mass is 16.5. The van der Waals surface area contributed by atoms with Crippen LogP contribution in [0.15, 0.2) is 24.7 Å². The minimum atomic E-state index is 0.359. The molecule has 0 amide bonds. The molecule has 0 unspecified atom stereocenters. The highest BCUT2D eigenvalue weighted by Gasteiger charge is 2.37. The summed E-state index contributed by atoms with van der Waals surface area (Å²) in [6.07, 6.45) is 8.89. The lowest BCUT2D eigenvalue weighted by Gasteiger charge is -2.41. The molecule has 1 aliphatic heterocycles. The maximum absolute atomic E-state index is 5.43. The Balaban J connectivity index is 1.31. The van der Waals surface area contributed by atoms with Gasteiger partial charge in [0.05, 0.1) is 29.9 Å². The van der Waals surface area contributed by atoms with Gasteiger partial charge < -0.3 is 9.72 Å². The van der Waals surface area contributed by atoms with Crippen molar-refractivity contribution in [3.8, 4) is 11.3 Å². The van der Waals surface area contributed by atoms with E-state index in [1.54, 1.807) is 6.33 Å². The van der Waals surface area contributed by atoms with Crippen LogP contribution in [0.4, 0.5) is 0 Å². The minimum Gasteiger partial charge on any atom is -0.380 e. The first kappa shape index (κ1) is 21.8. The summed E-state index contributed by atoms with van der Waals surface area (Å²) in [5.41, 5.74) is 10.9. The SMILES string of the molecule is Cc1c(-c2[nH]c3ccc(C4CC(CCC5(C)COC5)C4)nc3c2C(C)C)cn2ncnc2c1C. The van der Waals surface area contributed by atoms with Gasteiger partial charge in [-0.15, -0.1) is 0 Å². The molecule has 0 radical (unpaired) electrons. The van der Waals surface area contributed by atoms with Crippen LogP contribution in [0, 0.1) is 25.2 Å². The van der Waals surface area contributed by atoms with Crippen LogP contribution in [0.1, 0.15) is 80.7 Å². The number of hydrogen-bond donors (Lipinski definition) is 1. The predicted octanol–water partition coefficient (Wildman–Crippen LogP) is 6.32. The molecule has 4 aromatic rings. The molecule has 0 atom stereocenters. The van der Waals surface area contributed by atoms with Crippen molar-refractivity contribution in [2.24, 2.45) is 11.3 Å². The number of nitrogens with zero attached hydrogens (tertiary/aromatic N) is 4. The molecule has 2 fully saturated rings. The zero-order chi connectivity index (χ0) is 23.6. The number of rotatable bonds is 6. The van der Waals surface area contributed by atoms with E-state index in [-0.39, 0.29) is 0 Å². The lowest BCUT2D eigenvalue weighted by atomic mass is 9.68. The van der Waals surface area contributed by atoms with Gasteiger partial charge in [0.2, 0.25) is 0 Å². The summed E-state index contributed by atoms with van der Waals surface area (Å²) >= 11 is 0. The number of ether oxygens (including phenoxy) is 1. The summed E-state index contributed by atoms with van der Waals surface area (Å²) < 4.78 is 7.31. The minimum absolute atomic E-state index is 0.359. The Labute approximate surface area is 201 Å². The Morgan fingerprint density at radius 1 is 1.18 bits per heavy atom. The molecule has 1 saturated heterocycles. The number of fused-ring (bicyclic) bond motifs is 2. The summed E-state index contributed by atoms with van der Waals surface area (Å²) in [5, 5.41) is 4.41. The van der Waals surface area contributed by atoms with Gasteiger partial charge in [0.1, 0.15) is 6.33 Å². The third kappa shape index (κ3) is 3.46. The molecule has 6 nitrogen and oxygen atoms in total. The van der Waals surface area contributed by atoms with Crippen molar-refractivity contribution in [1.29, 1.82) is 0 Å². The Hall–Kier alpha value is -2.73. The summed E-state index contributed by atoms with van der Waals surface area (Å²) in [6, 6.07) is 4.48. The van der Waals surface area contributed by atoms with E-state index in [1.807, 2.05) is 4.52 Å². The summed E-state index contributed by atoms with van der Waals surface area (Å²) in [4.78, 5) is 13.4. The number of aryl methyl sites for hydroxylation is 1. The molecule has 0 spiro atoms. The molecule has 2 aliphatic rings. The summed E-state index contributed by atoms with van der Waals surface area (Å²) in [5.74, 6) is 1.79. The van der Waals surface area contributed by atoms with Crippen molar-refractivity contribution in [2.45, 2.75) is 72.1 Å². The average Bonchev–Trinajstić information content (AvgIpc) is 3.38. The monoisotopic (exact) mass is 457 g/mol. The lowest BCUT2D eigenvalue weighted by Crippen LogP contribution is -2.40. The highest BCUT2D eigenvalue weighted by molar-refractivity contribution is 5.89. The van der Waals surface area contributed by atoms with Crippen LogP contribution in [-0.4, -0.2) is 37.8 Å². The first-order valence-corrected chi connectivity index (χ1v) is 12.7. The fraction of sp³-hybridized carbons (Fsp3) is 0.536. The second-order valence-corrected chi connectivity index (χ2v) is 11.4. The van der Waals surface area contributed by atoms with Crippen LogP contribution in [0.2, 0.25) is 0 Å². The third-order valence-electron chi connectivity index (χ3n) is 8.39. The molecule has 1 saturated carbocycles. The van der Waals surface area contributed by atoms with Crippen LogP contribution < -0.4 is 0 Å². The molecule has 1 N–H and O–H groups in total. The van der Waals surface area contributed by atoms with E-state index in [2.05, 4.69) is 68.0 Å². The normalized spacial score (nSPS) is 21.8. The van der Waals surface area contributed by atoms with Gasteiger partial charge in [0.15, 0.2) is 5.65 Å². The molecule has 0 aromatic carbocycles. The second kappa shape index (κ2) is 7.91. The second-order valence-electron chi connectivity index (χ2n) is 11.4. The summed E-state index contributed by atoms with van der Waals surface area (Å²) in [7, 11) is 0. The number of nitrogens with one attached hydrogen (secondary N) is 1. The predicted molar refractivity (Wildman–Crippen MR) is 135 cm³/mol. The van der Waals surface area contributed by atoms with Crippen molar-refractivity contribution in [1.82, 2.24) is 24.6 Å². The van der Waals surface area contributed by atoms with Crippen molar-refractivity contribution in [3.63, 3.8) is 0 Å². The van der Waals surface area contributed by atoms with Gasteiger partial charge in [-0.25, -0.2) is 9.50 Å². The van der Waals surface area contributed by atoms with Gasteiger partial charge in [-0.05, 0) is 74.6 Å². The molecule has 1 aliphatic carbocycles. The van der Waals surface area contributed by atoms with Crippen LogP contribution in [-0.2, 0) is 4.74 Å². The Morgan fingerprint density at radius 3 is 2.68 bits per heavy atom. The molecular formula is C28H35N5O. The standard InChI is InChI=1S/C28H35N5O/c1-16(2)24-25(21-12-33-27(29-15-30-33)18(4)17(21)3)32-23-7-6-22(31-26(23)24)20-10-19(11-20)8-9-28(5)13-34-14-28/h6-7,12,15-16,19-20,32H,8-11,13-14H2,1-5H3. The van der Waals surface area contributed by atoms with Crippen molar-refractivity contribution < 1.29 is 4.74 Å². The number of H-pyrrole nitrogens is 1. The number of aromatic nitrogens is 5. The maximum Gasteiger partial charge on any atom is 0.158 e. The van der Waals surface area contributed by atoms with E-state index in [1.165, 1.54) is 53.6 Å². The van der Waals surface area contributed by atoms with Gasteiger partial charge in [-0.1, -0.05) is 20.8 Å². The number of aromatic amines is 1. The van der Waals surface area contributed by atoms with E-state index < -0.39 is 0 Å². The quantitative estimate of drug-likeness (QED) is 0.368. The van der Waals surface area contributed by atoms with Crippen molar-refractivity contribution in [3.05, 3.63) is 47.0 Å². The molecule has 0 bridgehead atoms. The topological polar surface area (TPSA) is 68.1 Å². The molecule has 5 heterocycles. The molecule has 6 heteroatoms. The fourth-order valence-corrected chi connectivity index (χ4v) is 5.92. The van der Waals surface area contributed by atoms with Crippen LogP contribution in [0.3, 0.4) is 0 Å². The van der Waals surface area contributed by atoms with Crippen LogP contribution in [0.5, 0.6) is 0 Å². The smallest absolute Gasteiger partial charge is 0.158 e. The van der Waals surface area contributed by atoms with Crippen LogP contribution >= 0.6 is 0 Å². The summed E-state index contributed by atoms with van der Waals surface area (Å²) in [6.45, 7) is 13.1. The van der Waals surface area contributed by atoms with Crippen LogP contribution in [0.25, 0.3) is 27.9 Å². The molecule has 178 valence electrons. The van der Waals surface area contributed by atoms with E-state index in [0.29, 0.717) is 17.3 Å². The fourth-order valence-electron chi connectivity index (χ4n) is 5.92. The van der Waals surface area contributed by atoms with E-state index in [9.17, 15) is 0 Å². The Morgan fingerprint density at radius 2 is 1.97 bits per heavy atom. The van der Waals surface area contributed by atoms with Gasteiger partial charge in [0.25, 0.3) is 0 Å². The first-order chi connectivity index (χ1) is 16.3. The Bertz CT molecular complexity index is 1370. The zero-order valence-electron chi connectivity index (χ0n) is 21.0. The molecule has 34 heavy (non-hydrogen) atoms. The molecular weight excluding hydrogens is 422 g/mol. The largest absolute Gasteiger partial charge is 0.380 e. The van der Waals surface area contributed by atoms with Gasteiger partial charge in [-0.3, -0.25) is 4.98 Å². The van der Waals surface area contributed by atoms with Crippen molar-refractivity contribution >= 4 is 16.7 Å². The van der Waals surface area contributed by atoms with Gasteiger partial charge in [0, 0.05) is 34.4 Å². The molecule has 4 aromatic heterocycles. The van der Waals surface area contributed by atoms with Crippen molar-refractivity contribution in [2.75, 3.05) is 13.2 Å². The van der Waals surface area contributed by atoms with E-state index >= 15 is 0 Å². The maximum atomic E-state index is 5.43.